The summed E-state index contributed by atoms with van der Waals surface area (Å²) in [6.45, 7) is 7.44. The topological polar surface area (TPSA) is 49.4 Å². The van der Waals surface area contributed by atoms with Crippen molar-refractivity contribution in [3.05, 3.63) is 35.9 Å². The molecule has 0 spiro atoms. The van der Waals surface area contributed by atoms with E-state index in [1.165, 1.54) is 5.56 Å². The molecule has 0 radical (unpaired) electrons. The zero-order valence-electron chi connectivity index (χ0n) is 14.5. The first kappa shape index (κ1) is 17.5. The highest BCUT2D eigenvalue weighted by Crippen LogP contribution is 2.30. The van der Waals surface area contributed by atoms with Crippen LogP contribution in [0.15, 0.2) is 30.3 Å². The van der Waals surface area contributed by atoms with Crippen molar-refractivity contribution in [1.29, 1.82) is 0 Å². The van der Waals surface area contributed by atoms with Crippen LogP contribution < -0.4 is 5.32 Å². The summed E-state index contributed by atoms with van der Waals surface area (Å²) in [5, 5.41) is 3.01. The molecule has 1 saturated heterocycles. The van der Waals surface area contributed by atoms with Crippen LogP contribution in [0.4, 0.5) is 0 Å². The van der Waals surface area contributed by atoms with Crippen molar-refractivity contribution in [1.82, 2.24) is 10.2 Å². The SMILES string of the molecule is CC(C)CCNC(=O)C1(C)CCC(=O)N1CCc1ccccc1. The van der Waals surface area contributed by atoms with E-state index < -0.39 is 5.54 Å². The van der Waals surface area contributed by atoms with Gasteiger partial charge in [-0.2, -0.15) is 0 Å². The largest absolute Gasteiger partial charge is 0.354 e. The molecule has 0 aromatic heterocycles. The Bertz CT molecular complexity index is 542. The molecule has 23 heavy (non-hydrogen) atoms. The van der Waals surface area contributed by atoms with Gasteiger partial charge in [-0.3, -0.25) is 9.59 Å². The van der Waals surface area contributed by atoms with Crippen molar-refractivity contribution in [3.63, 3.8) is 0 Å². The third-order valence-electron chi connectivity index (χ3n) is 4.69. The number of benzene rings is 1. The predicted octanol–water partition coefficient (Wildman–Crippen LogP) is 2.77. The quantitative estimate of drug-likeness (QED) is 0.841. The van der Waals surface area contributed by atoms with Gasteiger partial charge in [0.2, 0.25) is 11.8 Å². The van der Waals surface area contributed by atoms with Gasteiger partial charge in [0.25, 0.3) is 0 Å². The second kappa shape index (κ2) is 7.62. The van der Waals surface area contributed by atoms with Gasteiger partial charge in [-0.15, -0.1) is 0 Å². The Morgan fingerprint density at radius 1 is 1.30 bits per heavy atom. The Morgan fingerprint density at radius 2 is 2.00 bits per heavy atom. The third-order valence-corrected chi connectivity index (χ3v) is 4.69. The highest BCUT2D eigenvalue weighted by molar-refractivity contribution is 5.94. The summed E-state index contributed by atoms with van der Waals surface area (Å²) in [6, 6.07) is 10.1. The minimum absolute atomic E-state index is 0.0166. The zero-order valence-corrected chi connectivity index (χ0v) is 14.5. The van der Waals surface area contributed by atoms with Crippen LogP contribution in [-0.4, -0.2) is 35.3 Å². The highest BCUT2D eigenvalue weighted by atomic mass is 16.2. The fourth-order valence-electron chi connectivity index (χ4n) is 3.05. The van der Waals surface area contributed by atoms with Gasteiger partial charge in [0.05, 0.1) is 0 Å². The molecule has 1 aliphatic heterocycles. The number of amides is 2. The van der Waals surface area contributed by atoms with E-state index in [9.17, 15) is 9.59 Å². The Labute approximate surface area is 139 Å². The molecular formula is C19H28N2O2. The molecule has 1 fully saturated rings. The van der Waals surface area contributed by atoms with Crippen molar-refractivity contribution in [2.45, 2.75) is 52.0 Å². The molecule has 0 saturated carbocycles. The summed E-state index contributed by atoms with van der Waals surface area (Å²) in [7, 11) is 0. The lowest BCUT2D eigenvalue weighted by Crippen LogP contribution is -2.55. The molecule has 0 aliphatic carbocycles. The van der Waals surface area contributed by atoms with Crippen molar-refractivity contribution in [3.8, 4) is 0 Å². The lowest BCUT2D eigenvalue weighted by molar-refractivity contribution is -0.140. The summed E-state index contributed by atoms with van der Waals surface area (Å²) in [5.74, 6) is 0.627. The summed E-state index contributed by atoms with van der Waals surface area (Å²) in [6.07, 6.45) is 2.80. The van der Waals surface area contributed by atoms with Crippen LogP contribution in [0.25, 0.3) is 0 Å². The van der Waals surface area contributed by atoms with E-state index >= 15 is 0 Å². The van der Waals surface area contributed by atoms with E-state index in [0.717, 1.165) is 12.8 Å². The maximum absolute atomic E-state index is 12.6. The van der Waals surface area contributed by atoms with Gasteiger partial charge in [0.1, 0.15) is 5.54 Å². The lowest BCUT2D eigenvalue weighted by Gasteiger charge is -2.34. The molecule has 1 aromatic carbocycles. The van der Waals surface area contributed by atoms with Crippen molar-refractivity contribution >= 4 is 11.8 Å². The number of hydrogen-bond donors (Lipinski definition) is 1. The van der Waals surface area contributed by atoms with Crippen LogP contribution in [-0.2, 0) is 16.0 Å². The molecule has 1 atom stereocenters. The summed E-state index contributed by atoms with van der Waals surface area (Å²) in [4.78, 5) is 26.6. The normalized spacial score (nSPS) is 21.0. The van der Waals surface area contributed by atoms with E-state index in [2.05, 4.69) is 31.3 Å². The van der Waals surface area contributed by atoms with Gasteiger partial charge in [-0.1, -0.05) is 44.2 Å². The standard InChI is InChI=1S/C19H28N2O2/c1-15(2)10-13-20-18(23)19(3)12-9-17(22)21(19)14-11-16-7-5-4-6-8-16/h4-8,15H,9-14H2,1-3H3,(H,20,23). The van der Waals surface area contributed by atoms with Crippen molar-refractivity contribution in [2.75, 3.05) is 13.1 Å². The maximum Gasteiger partial charge on any atom is 0.245 e. The highest BCUT2D eigenvalue weighted by Gasteiger charge is 2.46. The Hall–Kier alpha value is -1.84. The molecule has 1 N–H and O–H groups in total. The van der Waals surface area contributed by atoms with E-state index in [4.69, 9.17) is 0 Å². The average Bonchev–Trinajstić information content (AvgIpc) is 2.82. The number of carbonyl (C=O) groups excluding carboxylic acids is 2. The fourth-order valence-corrected chi connectivity index (χ4v) is 3.05. The lowest BCUT2D eigenvalue weighted by atomic mass is 9.97. The maximum atomic E-state index is 12.6. The van der Waals surface area contributed by atoms with Gasteiger partial charge in [0, 0.05) is 19.5 Å². The molecule has 2 amide bonds. The third kappa shape index (κ3) is 4.34. The van der Waals surface area contributed by atoms with Crippen LogP contribution in [0, 0.1) is 5.92 Å². The number of likely N-dealkylation sites (tertiary alicyclic amines) is 1. The van der Waals surface area contributed by atoms with E-state index in [1.54, 1.807) is 4.90 Å². The molecule has 126 valence electrons. The van der Waals surface area contributed by atoms with E-state index in [0.29, 0.717) is 31.8 Å². The second-order valence-electron chi connectivity index (χ2n) is 6.99. The van der Waals surface area contributed by atoms with Crippen molar-refractivity contribution in [2.24, 2.45) is 5.92 Å². The van der Waals surface area contributed by atoms with Gasteiger partial charge < -0.3 is 10.2 Å². The van der Waals surface area contributed by atoms with Crippen LogP contribution in [0.3, 0.4) is 0 Å². The van der Waals surface area contributed by atoms with Gasteiger partial charge in [-0.25, -0.2) is 0 Å². The van der Waals surface area contributed by atoms with Crippen molar-refractivity contribution < 1.29 is 9.59 Å². The summed E-state index contributed by atoms with van der Waals surface area (Å²) >= 11 is 0. The number of hydrogen-bond acceptors (Lipinski definition) is 2. The van der Waals surface area contributed by atoms with Crippen LogP contribution in [0.5, 0.6) is 0 Å². The first-order valence-corrected chi connectivity index (χ1v) is 8.56. The zero-order chi connectivity index (χ0) is 16.9. The van der Waals surface area contributed by atoms with Crippen LogP contribution in [0.1, 0.15) is 45.6 Å². The number of carbonyl (C=O) groups is 2. The predicted molar refractivity (Wildman–Crippen MR) is 92.0 cm³/mol. The molecule has 1 unspecified atom stereocenters. The summed E-state index contributed by atoms with van der Waals surface area (Å²) in [5.41, 5.74) is 0.484. The van der Waals surface area contributed by atoms with E-state index in [1.807, 2.05) is 25.1 Å². The number of rotatable bonds is 7. The minimum Gasteiger partial charge on any atom is -0.354 e. The first-order chi connectivity index (χ1) is 10.9. The van der Waals surface area contributed by atoms with Gasteiger partial charge in [-0.05, 0) is 37.7 Å². The first-order valence-electron chi connectivity index (χ1n) is 8.56. The molecule has 4 nitrogen and oxygen atoms in total. The molecule has 4 heteroatoms. The molecule has 1 aromatic rings. The minimum atomic E-state index is -0.706. The Balaban J connectivity index is 1.98. The van der Waals surface area contributed by atoms with Gasteiger partial charge >= 0.3 is 0 Å². The molecule has 0 bridgehead atoms. The Morgan fingerprint density at radius 3 is 2.65 bits per heavy atom. The molecule has 2 rings (SSSR count). The van der Waals surface area contributed by atoms with Crippen LogP contribution in [0.2, 0.25) is 0 Å². The fraction of sp³-hybridized carbons (Fsp3) is 0.579. The molecule has 1 heterocycles. The van der Waals surface area contributed by atoms with Gasteiger partial charge in [0.15, 0.2) is 0 Å². The second-order valence-corrected chi connectivity index (χ2v) is 6.99. The monoisotopic (exact) mass is 316 g/mol. The average molecular weight is 316 g/mol. The molecule has 1 aliphatic rings. The van der Waals surface area contributed by atoms with E-state index in [-0.39, 0.29) is 11.8 Å². The van der Waals surface area contributed by atoms with Crippen LogP contribution >= 0.6 is 0 Å². The Kier molecular flexibility index (Phi) is 5.80. The number of nitrogens with zero attached hydrogens (tertiary/aromatic N) is 1. The molecular weight excluding hydrogens is 288 g/mol. The number of nitrogens with one attached hydrogen (secondary N) is 1. The smallest absolute Gasteiger partial charge is 0.245 e. The summed E-state index contributed by atoms with van der Waals surface area (Å²) < 4.78 is 0.